The number of alkyl halides is 3. The van der Waals surface area contributed by atoms with E-state index in [1.807, 2.05) is 0 Å². The third-order valence-corrected chi connectivity index (χ3v) is 5.52. The van der Waals surface area contributed by atoms with Crippen LogP contribution in [-0.2, 0) is 30.4 Å². The second-order valence-electron chi connectivity index (χ2n) is 7.34. The molecule has 0 spiro atoms. The van der Waals surface area contributed by atoms with Crippen molar-refractivity contribution in [2.45, 2.75) is 38.0 Å². The summed E-state index contributed by atoms with van der Waals surface area (Å²) in [7, 11) is 1.70. The summed E-state index contributed by atoms with van der Waals surface area (Å²) in [6.45, 7) is -0.222. The van der Waals surface area contributed by atoms with E-state index < -0.39 is 23.5 Å². The molecule has 10 heteroatoms. The van der Waals surface area contributed by atoms with Crippen molar-refractivity contribution in [3.8, 4) is 0 Å². The van der Waals surface area contributed by atoms with Gasteiger partial charge in [-0.1, -0.05) is 0 Å². The maximum Gasteiger partial charge on any atom is 0.419 e. The zero-order valence-electron chi connectivity index (χ0n) is 15.9. The number of nitrogens with zero attached hydrogens (tertiary/aromatic N) is 4. The Morgan fingerprint density at radius 3 is 2.63 bits per heavy atom. The number of benzene rings is 1. The fraction of sp³-hybridized carbons (Fsp3) is 0.350. The SMILES string of the molecule is CN(c1ncc(C(F)(F)F)cn1)[C@H]1CCc2c(c3cc(F)ccc3n2CC(=O)O)C1. The van der Waals surface area contributed by atoms with Crippen LogP contribution < -0.4 is 4.90 Å². The highest BCUT2D eigenvalue weighted by atomic mass is 19.4. The predicted molar refractivity (Wildman–Crippen MR) is 101 cm³/mol. The smallest absolute Gasteiger partial charge is 0.419 e. The van der Waals surface area contributed by atoms with Crippen LogP contribution in [0.1, 0.15) is 23.2 Å². The summed E-state index contributed by atoms with van der Waals surface area (Å²) < 4.78 is 53.8. The van der Waals surface area contributed by atoms with Crippen molar-refractivity contribution >= 4 is 22.8 Å². The predicted octanol–water partition coefficient (Wildman–Crippen LogP) is 3.67. The summed E-state index contributed by atoms with van der Waals surface area (Å²) in [5.41, 5.74) is 1.42. The van der Waals surface area contributed by atoms with Crippen molar-refractivity contribution in [1.82, 2.24) is 14.5 Å². The first-order valence-corrected chi connectivity index (χ1v) is 9.28. The quantitative estimate of drug-likeness (QED) is 0.650. The first-order chi connectivity index (χ1) is 14.1. The highest BCUT2D eigenvalue weighted by Crippen LogP contribution is 2.35. The number of fused-ring (bicyclic) bond motifs is 3. The number of rotatable bonds is 4. The van der Waals surface area contributed by atoms with Gasteiger partial charge in [0.15, 0.2) is 0 Å². The molecule has 0 saturated carbocycles. The van der Waals surface area contributed by atoms with Crippen LogP contribution in [0.3, 0.4) is 0 Å². The summed E-state index contributed by atoms with van der Waals surface area (Å²) in [5, 5.41) is 9.92. The molecule has 1 aliphatic rings. The van der Waals surface area contributed by atoms with Gasteiger partial charge in [-0.25, -0.2) is 14.4 Å². The molecular formula is C20H18F4N4O2. The molecule has 0 saturated heterocycles. The molecule has 0 fully saturated rings. The Hall–Kier alpha value is -3.17. The van der Waals surface area contributed by atoms with Gasteiger partial charge < -0.3 is 14.6 Å². The number of hydrogen-bond acceptors (Lipinski definition) is 4. The lowest BCUT2D eigenvalue weighted by atomic mass is 9.90. The third kappa shape index (κ3) is 3.57. The Kier molecular flexibility index (Phi) is 4.87. The van der Waals surface area contributed by atoms with Crippen LogP contribution in [0.25, 0.3) is 10.9 Å². The molecule has 158 valence electrons. The van der Waals surface area contributed by atoms with E-state index >= 15 is 0 Å². The molecule has 2 heterocycles. The second kappa shape index (κ2) is 7.26. The lowest BCUT2D eigenvalue weighted by Crippen LogP contribution is -2.38. The molecule has 1 aromatic carbocycles. The van der Waals surface area contributed by atoms with Crippen LogP contribution >= 0.6 is 0 Å². The molecule has 6 nitrogen and oxygen atoms in total. The monoisotopic (exact) mass is 422 g/mol. The molecule has 0 aliphatic heterocycles. The van der Waals surface area contributed by atoms with E-state index in [0.29, 0.717) is 30.2 Å². The van der Waals surface area contributed by atoms with Gasteiger partial charge in [0.05, 0.1) is 5.56 Å². The van der Waals surface area contributed by atoms with E-state index in [0.717, 1.165) is 23.7 Å². The highest BCUT2D eigenvalue weighted by Gasteiger charge is 2.33. The zero-order chi connectivity index (χ0) is 21.6. The van der Waals surface area contributed by atoms with Crippen LogP contribution in [0.15, 0.2) is 30.6 Å². The number of carboxylic acid groups (broad SMARTS) is 1. The number of anilines is 1. The van der Waals surface area contributed by atoms with Crippen molar-refractivity contribution in [2.24, 2.45) is 0 Å². The maximum absolute atomic E-state index is 13.9. The van der Waals surface area contributed by atoms with E-state index in [2.05, 4.69) is 9.97 Å². The summed E-state index contributed by atoms with van der Waals surface area (Å²) in [6.07, 6.45) is -1.35. The van der Waals surface area contributed by atoms with Crippen molar-refractivity contribution in [3.63, 3.8) is 0 Å². The first kappa shape index (κ1) is 20.1. The van der Waals surface area contributed by atoms with Gasteiger partial charge in [0.1, 0.15) is 12.4 Å². The summed E-state index contributed by atoms with van der Waals surface area (Å²) >= 11 is 0. The summed E-state index contributed by atoms with van der Waals surface area (Å²) in [5.74, 6) is -1.24. The summed E-state index contributed by atoms with van der Waals surface area (Å²) in [4.78, 5) is 20.7. The Morgan fingerprint density at radius 1 is 1.30 bits per heavy atom. The van der Waals surface area contributed by atoms with Gasteiger partial charge in [0.25, 0.3) is 0 Å². The molecular weight excluding hydrogens is 404 g/mol. The molecule has 0 radical (unpaired) electrons. The minimum absolute atomic E-state index is 0.124. The van der Waals surface area contributed by atoms with Crippen LogP contribution in [0.4, 0.5) is 23.5 Å². The molecule has 1 aliphatic carbocycles. The van der Waals surface area contributed by atoms with Gasteiger partial charge in [0, 0.05) is 42.1 Å². The molecule has 30 heavy (non-hydrogen) atoms. The molecule has 0 amide bonds. The standard InChI is InChI=1S/C20H18F4N4O2/c1-27(19-25-8-11(9-26-19)20(22,23)24)13-3-5-17-15(7-13)14-6-12(21)2-4-16(14)28(17)10-18(29)30/h2,4,6,8-9,13H,3,5,7,10H2,1H3,(H,29,30)/t13-/m0/s1. The average Bonchev–Trinajstić information content (AvgIpc) is 2.99. The van der Waals surface area contributed by atoms with E-state index in [1.165, 1.54) is 12.1 Å². The third-order valence-electron chi connectivity index (χ3n) is 5.52. The minimum atomic E-state index is -4.51. The van der Waals surface area contributed by atoms with E-state index in [9.17, 15) is 27.5 Å². The number of aromatic nitrogens is 3. The number of carbonyl (C=O) groups is 1. The molecule has 1 N–H and O–H groups in total. The number of aliphatic carboxylic acids is 1. The van der Waals surface area contributed by atoms with E-state index in [-0.39, 0.29) is 18.5 Å². The topological polar surface area (TPSA) is 71.2 Å². The van der Waals surface area contributed by atoms with Gasteiger partial charge in [-0.15, -0.1) is 0 Å². The van der Waals surface area contributed by atoms with Crippen LogP contribution in [-0.4, -0.2) is 38.7 Å². The molecule has 2 aromatic heterocycles. The van der Waals surface area contributed by atoms with Gasteiger partial charge >= 0.3 is 12.1 Å². The van der Waals surface area contributed by atoms with Crippen LogP contribution in [0, 0.1) is 5.82 Å². The Bertz CT molecular complexity index is 1110. The van der Waals surface area contributed by atoms with E-state index in [1.54, 1.807) is 22.6 Å². The Labute approximate surface area is 168 Å². The minimum Gasteiger partial charge on any atom is -0.480 e. The van der Waals surface area contributed by atoms with Crippen molar-refractivity contribution in [3.05, 3.63) is 53.2 Å². The van der Waals surface area contributed by atoms with Gasteiger partial charge in [0.2, 0.25) is 5.95 Å². The maximum atomic E-state index is 13.9. The van der Waals surface area contributed by atoms with Gasteiger partial charge in [-0.2, -0.15) is 13.2 Å². The largest absolute Gasteiger partial charge is 0.480 e. The van der Waals surface area contributed by atoms with Gasteiger partial charge in [-0.3, -0.25) is 4.79 Å². The molecule has 0 unspecified atom stereocenters. The normalized spacial score (nSPS) is 16.5. The molecule has 3 aromatic rings. The van der Waals surface area contributed by atoms with Crippen molar-refractivity contribution < 1.29 is 27.5 Å². The lowest BCUT2D eigenvalue weighted by molar-refractivity contribution is -0.138. The lowest BCUT2D eigenvalue weighted by Gasteiger charge is -2.32. The summed E-state index contributed by atoms with van der Waals surface area (Å²) in [6, 6.07) is 4.14. The van der Waals surface area contributed by atoms with Crippen LogP contribution in [0.5, 0.6) is 0 Å². The number of likely N-dealkylation sites (N-methyl/N-ethyl adjacent to an activating group) is 1. The number of halogens is 4. The second-order valence-corrected chi connectivity index (χ2v) is 7.34. The Morgan fingerprint density at radius 2 is 2.00 bits per heavy atom. The fourth-order valence-electron chi connectivity index (χ4n) is 4.06. The number of carboxylic acids is 1. The zero-order valence-corrected chi connectivity index (χ0v) is 15.9. The van der Waals surface area contributed by atoms with E-state index in [4.69, 9.17) is 0 Å². The van der Waals surface area contributed by atoms with Crippen molar-refractivity contribution in [2.75, 3.05) is 11.9 Å². The first-order valence-electron chi connectivity index (χ1n) is 9.28. The molecule has 0 bridgehead atoms. The highest BCUT2D eigenvalue weighted by molar-refractivity contribution is 5.87. The van der Waals surface area contributed by atoms with Gasteiger partial charge in [-0.05, 0) is 43.0 Å². The number of hydrogen-bond donors (Lipinski definition) is 1. The van der Waals surface area contributed by atoms with Crippen molar-refractivity contribution in [1.29, 1.82) is 0 Å². The Balaban J connectivity index is 1.67. The van der Waals surface area contributed by atoms with Crippen LogP contribution in [0.2, 0.25) is 0 Å². The molecule has 1 atom stereocenters. The fourth-order valence-corrected chi connectivity index (χ4v) is 4.06. The molecule has 4 rings (SSSR count). The average molecular weight is 422 g/mol.